The van der Waals surface area contributed by atoms with Gasteiger partial charge in [0.25, 0.3) is 11.9 Å². The zero-order chi connectivity index (χ0) is 20.4. The van der Waals surface area contributed by atoms with Crippen LogP contribution in [0.5, 0.6) is 11.8 Å². The number of H-pyrrole nitrogens is 1. The molecule has 2 amide bonds. The van der Waals surface area contributed by atoms with E-state index in [0.29, 0.717) is 33.6 Å². The Morgan fingerprint density at radius 1 is 0.966 bits per heavy atom. The third-order valence-electron chi connectivity index (χ3n) is 4.18. The van der Waals surface area contributed by atoms with Gasteiger partial charge in [0.05, 0.1) is 11.0 Å². The van der Waals surface area contributed by atoms with Crippen LogP contribution in [0.2, 0.25) is 0 Å². The molecular weight excluding hydrogens is 375 g/mol. The van der Waals surface area contributed by atoms with Crippen LogP contribution in [0.15, 0.2) is 66.7 Å². The van der Waals surface area contributed by atoms with Crippen molar-refractivity contribution in [2.24, 2.45) is 5.73 Å². The lowest BCUT2D eigenvalue weighted by Crippen LogP contribution is -2.11. The van der Waals surface area contributed by atoms with Crippen LogP contribution >= 0.6 is 0 Å². The Balaban J connectivity index is 1.45. The second-order valence-corrected chi connectivity index (χ2v) is 6.23. The van der Waals surface area contributed by atoms with E-state index >= 15 is 0 Å². The third kappa shape index (κ3) is 4.06. The topological polar surface area (TPSA) is 110 Å². The lowest BCUT2D eigenvalue weighted by atomic mass is 10.2. The van der Waals surface area contributed by atoms with Crippen LogP contribution in [0.4, 0.5) is 10.1 Å². The van der Waals surface area contributed by atoms with Crippen LogP contribution < -0.4 is 15.8 Å². The molecule has 8 heteroatoms. The normalized spacial score (nSPS) is 10.7. The van der Waals surface area contributed by atoms with Gasteiger partial charge >= 0.3 is 0 Å². The lowest BCUT2D eigenvalue weighted by Gasteiger charge is -2.07. The third-order valence-corrected chi connectivity index (χ3v) is 4.18. The van der Waals surface area contributed by atoms with Gasteiger partial charge in [-0.25, -0.2) is 4.39 Å². The molecule has 0 aliphatic carbocycles. The van der Waals surface area contributed by atoms with Gasteiger partial charge in [0.2, 0.25) is 5.91 Å². The average Bonchev–Trinajstić information content (AvgIpc) is 3.11. The fourth-order valence-corrected chi connectivity index (χ4v) is 2.71. The number of halogens is 1. The summed E-state index contributed by atoms with van der Waals surface area (Å²) < 4.78 is 18.6. The van der Waals surface area contributed by atoms with Crippen molar-refractivity contribution < 1.29 is 18.7 Å². The molecule has 4 aromatic rings. The first-order chi connectivity index (χ1) is 14.0. The number of carbonyl (C=O) groups excluding carboxylic acids is 2. The Morgan fingerprint density at radius 3 is 2.34 bits per heavy atom. The molecule has 0 atom stereocenters. The highest BCUT2D eigenvalue weighted by atomic mass is 19.1. The van der Waals surface area contributed by atoms with Crippen LogP contribution in [0.3, 0.4) is 0 Å². The molecule has 0 fully saturated rings. The van der Waals surface area contributed by atoms with Crippen molar-refractivity contribution in [2.75, 3.05) is 5.32 Å². The molecule has 7 nitrogen and oxygen atoms in total. The number of fused-ring (bicyclic) bond motifs is 1. The van der Waals surface area contributed by atoms with Crippen LogP contribution in [0.25, 0.3) is 11.0 Å². The molecule has 0 aliphatic rings. The summed E-state index contributed by atoms with van der Waals surface area (Å²) in [6, 6.07) is 17.1. The first-order valence-corrected chi connectivity index (χ1v) is 8.62. The Hall–Kier alpha value is -4.20. The first kappa shape index (κ1) is 18.2. The number of aromatic nitrogens is 2. The molecule has 4 rings (SSSR count). The summed E-state index contributed by atoms with van der Waals surface area (Å²) in [6.45, 7) is 0. The molecule has 0 aliphatic heterocycles. The number of primary amides is 1. The van der Waals surface area contributed by atoms with E-state index in [1.807, 2.05) is 0 Å². The van der Waals surface area contributed by atoms with E-state index in [1.54, 1.807) is 42.5 Å². The minimum atomic E-state index is -0.526. The molecule has 0 unspecified atom stereocenters. The zero-order valence-electron chi connectivity index (χ0n) is 15.0. The summed E-state index contributed by atoms with van der Waals surface area (Å²) in [5.41, 5.74) is 7.81. The molecule has 0 spiro atoms. The van der Waals surface area contributed by atoms with Crippen molar-refractivity contribution >= 4 is 28.5 Å². The van der Waals surface area contributed by atoms with Gasteiger partial charge in [-0.05, 0) is 66.7 Å². The van der Waals surface area contributed by atoms with Gasteiger partial charge in [-0.3, -0.25) is 9.59 Å². The summed E-state index contributed by atoms with van der Waals surface area (Å²) in [7, 11) is 0. The number of aromatic amines is 1. The Labute approximate surface area is 164 Å². The molecule has 4 N–H and O–H groups in total. The van der Waals surface area contributed by atoms with E-state index < -0.39 is 11.7 Å². The van der Waals surface area contributed by atoms with Gasteiger partial charge in [0, 0.05) is 16.8 Å². The number of hydrogen-bond donors (Lipinski definition) is 3. The number of nitrogens with two attached hydrogens (primary N) is 1. The van der Waals surface area contributed by atoms with E-state index in [2.05, 4.69) is 15.3 Å². The molecule has 0 saturated carbocycles. The van der Waals surface area contributed by atoms with Gasteiger partial charge in [0.1, 0.15) is 11.6 Å². The molecule has 144 valence electrons. The maximum atomic E-state index is 12.9. The van der Waals surface area contributed by atoms with Crippen molar-refractivity contribution in [1.29, 1.82) is 0 Å². The molecule has 3 aromatic carbocycles. The van der Waals surface area contributed by atoms with E-state index in [4.69, 9.17) is 10.5 Å². The number of nitrogens with one attached hydrogen (secondary N) is 2. The quantitative estimate of drug-likeness (QED) is 0.481. The number of nitrogens with zero attached hydrogens (tertiary/aromatic N) is 1. The SMILES string of the molecule is NC(=O)c1ccc2nc(Oc3ccc(NC(=O)c4ccc(F)cc4)cc3)[nH]c2c1. The van der Waals surface area contributed by atoms with E-state index in [-0.39, 0.29) is 11.9 Å². The van der Waals surface area contributed by atoms with Crippen molar-refractivity contribution in [1.82, 2.24) is 9.97 Å². The predicted molar refractivity (Wildman–Crippen MR) is 105 cm³/mol. The molecule has 0 bridgehead atoms. The molecular formula is C21H15FN4O3. The number of rotatable bonds is 5. The van der Waals surface area contributed by atoms with Gasteiger partial charge in [-0.15, -0.1) is 0 Å². The highest BCUT2D eigenvalue weighted by Crippen LogP contribution is 2.24. The molecule has 29 heavy (non-hydrogen) atoms. The maximum Gasteiger partial charge on any atom is 0.300 e. The largest absolute Gasteiger partial charge is 0.426 e. The summed E-state index contributed by atoms with van der Waals surface area (Å²) >= 11 is 0. The second kappa shape index (κ2) is 7.43. The highest BCUT2D eigenvalue weighted by molar-refractivity contribution is 6.04. The van der Waals surface area contributed by atoms with Crippen LogP contribution in [0.1, 0.15) is 20.7 Å². The molecule has 1 aromatic heterocycles. The lowest BCUT2D eigenvalue weighted by molar-refractivity contribution is 0.0997. The van der Waals surface area contributed by atoms with Crippen molar-refractivity contribution in [3.8, 4) is 11.8 Å². The summed E-state index contributed by atoms with van der Waals surface area (Å²) in [4.78, 5) is 30.7. The number of ether oxygens (including phenoxy) is 1. The van der Waals surface area contributed by atoms with Gasteiger partial charge in [0.15, 0.2) is 0 Å². The van der Waals surface area contributed by atoms with Crippen molar-refractivity contribution in [2.45, 2.75) is 0 Å². The van der Waals surface area contributed by atoms with Crippen molar-refractivity contribution in [3.63, 3.8) is 0 Å². The second-order valence-electron chi connectivity index (χ2n) is 6.23. The molecule has 0 saturated heterocycles. The van der Waals surface area contributed by atoms with Crippen LogP contribution in [-0.4, -0.2) is 21.8 Å². The van der Waals surface area contributed by atoms with Crippen molar-refractivity contribution in [3.05, 3.63) is 83.7 Å². The molecule has 0 radical (unpaired) electrons. The van der Waals surface area contributed by atoms with Gasteiger partial charge < -0.3 is 20.8 Å². The highest BCUT2D eigenvalue weighted by Gasteiger charge is 2.09. The van der Waals surface area contributed by atoms with Crippen LogP contribution in [-0.2, 0) is 0 Å². The minimum Gasteiger partial charge on any atom is -0.426 e. The Kier molecular flexibility index (Phi) is 4.66. The number of hydrogen-bond acceptors (Lipinski definition) is 4. The Bertz CT molecular complexity index is 1200. The summed E-state index contributed by atoms with van der Waals surface area (Å²) in [5, 5.41) is 2.72. The number of benzene rings is 3. The summed E-state index contributed by atoms with van der Waals surface area (Å²) in [6.07, 6.45) is 0. The number of anilines is 1. The number of amides is 2. The van der Waals surface area contributed by atoms with Crippen LogP contribution in [0, 0.1) is 5.82 Å². The predicted octanol–water partition coefficient (Wildman–Crippen LogP) is 3.85. The van der Waals surface area contributed by atoms with E-state index in [9.17, 15) is 14.0 Å². The average molecular weight is 390 g/mol. The van der Waals surface area contributed by atoms with Gasteiger partial charge in [-0.2, -0.15) is 4.98 Å². The van der Waals surface area contributed by atoms with Gasteiger partial charge in [-0.1, -0.05) is 0 Å². The number of imidazole rings is 1. The minimum absolute atomic E-state index is 0.254. The Morgan fingerprint density at radius 2 is 1.66 bits per heavy atom. The first-order valence-electron chi connectivity index (χ1n) is 8.62. The standard InChI is InChI=1S/C21H15FN4O3/c22-14-4-1-12(2-5-14)20(28)24-15-6-8-16(9-7-15)29-21-25-17-10-3-13(19(23)27)11-18(17)26-21/h1-11H,(H2,23,27)(H,24,28)(H,25,26). The smallest absolute Gasteiger partial charge is 0.300 e. The maximum absolute atomic E-state index is 12.9. The van der Waals surface area contributed by atoms with E-state index in [0.717, 1.165) is 0 Å². The summed E-state index contributed by atoms with van der Waals surface area (Å²) in [5.74, 6) is -0.776. The number of carbonyl (C=O) groups is 2. The van der Waals surface area contributed by atoms with E-state index in [1.165, 1.54) is 24.3 Å². The fraction of sp³-hybridized carbons (Fsp3) is 0. The fourth-order valence-electron chi connectivity index (χ4n) is 2.71. The monoisotopic (exact) mass is 390 g/mol. The zero-order valence-corrected chi connectivity index (χ0v) is 15.0. The molecule has 1 heterocycles.